The molecule has 0 aliphatic heterocycles. The first kappa shape index (κ1) is 14.1. The zero-order valence-electron chi connectivity index (χ0n) is 11.6. The summed E-state index contributed by atoms with van der Waals surface area (Å²) >= 11 is 0. The Morgan fingerprint density at radius 2 is 2.00 bits per heavy atom. The number of carbonyl (C=O) groups is 1. The molecule has 2 aromatic rings. The Morgan fingerprint density at radius 1 is 1.25 bits per heavy atom. The summed E-state index contributed by atoms with van der Waals surface area (Å²) in [6.45, 7) is 2.34. The number of amides is 1. The highest BCUT2D eigenvalue weighted by molar-refractivity contribution is 6.06. The summed E-state index contributed by atoms with van der Waals surface area (Å²) < 4.78 is 5.13. The van der Waals surface area contributed by atoms with Gasteiger partial charge in [-0.15, -0.1) is 0 Å². The van der Waals surface area contributed by atoms with Gasteiger partial charge in [0.15, 0.2) is 0 Å². The summed E-state index contributed by atoms with van der Waals surface area (Å²) in [5, 5.41) is 2.91. The minimum Gasteiger partial charge on any atom is -0.399 e. The molecule has 2 rings (SSSR count). The first-order valence-electron chi connectivity index (χ1n) is 6.36. The summed E-state index contributed by atoms with van der Waals surface area (Å²) in [7, 11) is 1.63. The highest BCUT2D eigenvalue weighted by Crippen LogP contribution is 2.19. The number of hydrogen-bond donors (Lipinski definition) is 2. The van der Waals surface area contributed by atoms with Gasteiger partial charge < -0.3 is 15.8 Å². The molecular formula is C16H18N2O2. The van der Waals surface area contributed by atoms with E-state index in [9.17, 15) is 4.79 Å². The monoisotopic (exact) mass is 270 g/mol. The summed E-state index contributed by atoms with van der Waals surface area (Å²) in [6, 6.07) is 12.9. The largest absolute Gasteiger partial charge is 0.399 e. The number of aryl methyl sites for hydroxylation is 1. The minimum absolute atomic E-state index is 0.168. The van der Waals surface area contributed by atoms with Crippen molar-refractivity contribution in [2.75, 3.05) is 18.2 Å². The van der Waals surface area contributed by atoms with Crippen LogP contribution in [0.25, 0.3) is 0 Å². The van der Waals surface area contributed by atoms with Crippen molar-refractivity contribution < 1.29 is 9.53 Å². The van der Waals surface area contributed by atoms with Crippen LogP contribution in [-0.4, -0.2) is 13.0 Å². The average Bonchev–Trinajstić information content (AvgIpc) is 2.44. The number of nitrogens with one attached hydrogen (secondary N) is 1. The van der Waals surface area contributed by atoms with E-state index < -0.39 is 0 Å². The molecule has 0 spiro atoms. The third kappa shape index (κ3) is 3.16. The molecule has 0 radical (unpaired) electrons. The lowest BCUT2D eigenvalue weighted by Gasteiger charge is -2.12. The number of nitrogen functional groups attached to an aromatic ring is 1. The van der Waals surface area contributed by atoms with Crippen LogP contribution in [-0.2, 0) is 11.3 Å². The highest BCUT2D eigenvalue weighted by Gasteiger charge is 2.11. The molecule has 0 aliphatic rings. The van der Waals surface area contributed by atoms with Crippen LogP contribution < -0.4 is 11.1 Å². The van der Waals surface area contributed by atoms with Gasteiger partial charge >= 0.3 is 0 Å². The van der Waals surface area contributed by atoms with Crippen molar-refractivity contribution in [3.63, 3.8) is 0 Å². The third-order valence-corrected chi connectivity index (χ3v) is 3.07. The van der Waals surface area contributed by atoms with E-state index in [1.807, 2.05) is 37.3 Å². The molecule has 0 saturated carbocycles. The van der Waals surface area contributed by atoms with Crippen LogP contribution in [0.1, 0.15) is 21.5 Å². The van der Waals surface area contributed by atoms with Gasteiger partial charge in [-0.25, -0.2) is 0 Å². The standard InChI is InChI=1S/C16H18N2O2/c1-11-7-8-13(17)9-14(11)16(19)18-15-6-4-3-5-12(15)10-20-2/h3-9H,10,17H2,1-2H3,(H,18,19). The summed E-state index contributed by atoms with van der Waals surface area (Å²) in [5.74, 6) is -0.168. The lowest BCUT2D eigenvalue weighted by atomic mass is 10.1. The van der Waals surface area contributed by atoms with Crippen LogP contribution in [0.4, 0.5) is 11.4 Å². The molecule has 4 nitrogen and oxygen atoms in total. The van der Waals surface area contributed by atoms with Crippen LogP contribution >= 0.6 is 0 Å². The van der Waals surface area contributed by atoms with E-state index in [0.717, 1.165) is 16.8 Å². The van der Waals surface area contributed by atoms with Gasteiger partial charge in [0.1, 0.15) is 0 Å². The predicted octanol–water partition coefficient (Wildman–Crippen LogP) is 2.98. The second-order valence-corrected chi connectivity index (χ2v) is 4.62. The van der Waals surface area contributed by atoms with Gasteiger partial charge in [0.2, 0.25) is 0 Å². The lowest BCUT2D eigenvalue weighted by Crippen LogP contribution is -2.15. The van der Waals surface area contributed by atoms with Crippen molar-refractivity contribution in [1.29, 1.82) is 0 Å². The fraction of sp³-hybridized carbons (Fsp3) is 0.188. The van der Waals surface area contributed by atoms with Crippen LogP contribution in [0.15, 0.2) is 42.5 Å². The molecule has 104 valence electrons. The third-order valence-electron chi connectivity index (χ3n) is 3.07. The number of rotatable bonds is 4. The normalized spacial score (nSPS) is 10.3. The molecule has 1 amide bonds. The van der Waals surface area contributed by atoms with Crippen molar-refractivity contribution >= 4 is 17.3 Å². The van der Waals surface area contributed by atoms with Gasteiger partial charge in [-0.05, 0) is 30.7 Å². The summed E-state index contributed by atoms with van der Waals surface area (Å²) in [5.41, 5.74) is 9.47. The second-order valence-electron chi connectivity index (χ2n) is 4.62. The minimum atomic E-state index is -0.168. The Bertz CT molecular complexity index is 624. The predicted molar refractivity (Wildman–Crippen MR) is 80.7 cm³/mol. The average molecular weight is 270 g/mol. The van der Waals surface area contributed by atoms with Crippen LogP contribution in [0.3, 0.4) is 0 Å². The van der Waals surface area contributed by atoms with E-state index in [0.29, 0.717) is 17.9 Å². The zero-order valence-corrected chi connectivity index (χ0v) is 11.6. The Kier molecular flexibility index (Phi) is 4.38. The number of anilines is 2. The van der Waals surface area contributed by atoms with Crippen molar-refractivity contribution in [2.24, 2.45) is 0 Å². The Hall–Kier alpha value is -2.33. The van der Waals surface area contributed by atoms with E-state index in [4.69, 9.17) is 10.5 Å². The van der Waals surface area contributed by atoms with Gasteiger partial charge in [0, 0.05) is 29.6 Å². The molecule has 0 heterocycles. The lowest BCUT2D eigenvalue weighted by molar-refractivity contribution is 0.102. The second kappa shape index (κ2) is 6.21. The van der Waals surface area contributed by atoms with Crippen molar-refractivity contribution in [1.82, 2.24) is 0 Å². The molecule has 2 aromatic carbocycles. The molecule has 0 saturated heterocycles. The Morgan fingerprint density at radius 3 is 2.75 bits per heavy atom. The topological polar surface area (TPSA) is 64.3 Å². The van der Waals surface area contributed by atoms with Gasteiger partial charge in [0.25, 0.3) is 5.91 Å². The fourth-order valence-electron chi connectivity index (χ4n) is 2.00. The molecule has 4 heteroatoms. The molecule has 0 fully saturated rings. The van der Waals surface area contributed by atoms with E-state index >= 15 is 0 Å². The number of carbonyl (C=O) groups excluding carboxylic acids is 1. The van der Waals surface area contributed by atoms with Crippen LogP contribution in [0.2, 0.25) is 0 Å². The molecule has 0 aliphatic carbocycles. The van der Waals surface area contributed by atoms with Gasteiger partial charge in [-0.3, -0.25) is 4.79 Å². The first-order valence-corrected chi connectivity index (χ1v) is 6.36. The number of methoxy groups -OCH3 is 1. The molecule has 3 N–H and O–H groups in total. The SMILES string of the molecule is COCc1ccccc1NC(=O)c1cc(N)ccc1C. The summed E-state index contributed by atoms with van der Waals surface area (Å²) in [4.78, 5) is 12.3. The molecule has 0 aromatic heterocycles. The van der Waals surface area contributed by atoms with Gasteiger partial charge in [-0.2, -0.15) is 0 Å². The molecule has 20 heavy (non-hydrogen) atoms. The van der Waals surface area contributed by atoms with E-state index in [1.54, 1.807) is 19.2 Å². The fourth-order valence-corrected chi connectivity index (χ4v) is 2.00. The zero-order chi connectivity index (χ0) is 14.5. The maximum atomic E-state index is 12.3. The van der Waals surface area contributed by atoms with Crippen molar-refractivity contribution in [2.45, 2.75) is 13.5 Å². The highest BCUT2D eigenvalue weighted by atomic mass is 16.5. The van der Waals surface area contributed by atoms with Crippen molar-refractivity contribution in [3.05, 3.63) is 59.2 Å². The molecule has 0 atom stereocenters. The molecule has 0 unspecified atom stereocenters. The molecule has 0 bridgehead atoms. The number of benzene rings is 2. The van der Waals surface area contributed by atoms with Gasteiger partial charge in [0.05, 0.1) is 6.61 Å². The maximum absolute atomic E-state index is 12.3. The van der Waals surface area contributed by atoms with Crippen molar-refractivity contribution in [3.8, 4) is 0 Å². The summed E-state index contributed by atoms with van der Waals surface area (Å²) in [6.07, 6.45) is 0. The maximum Gasteiger partial charge on any atom is 0.256 e. The van der Waals surface area contributed by atoms with E-state index in [2.05, 4.69) is 5.32 Å². The number of ether oxygens (including phenoxy) is 1. The first-order chi connectivity index (χ1) is 9.61. The molecular weight excluding hydrogens is 252 g/mol. The number of para-hydroxylation sites is 1. The van der Waals surface area contributed by atoms with E-state index in [-0.39, 0.29) is 5.91 Å². The number of nitrogens with two attached hydrogens (primary N) is 1. The Balaban J connectivity index is 2.26. The Labute approximate surface area is 118 Å². The quantitative estimate of drug-likeness (QED) is 0.839. The van der Waals surface area contributed by atoms with Crippen LogP contribution in [0.5, 0.6) is 0 Å². The smallest absolute Gasteiger partial charge is 0.256 e. The number of hydrogen-bond acceptors (Lipinski definition) is 3. The van der Waals surface area contributed by atoms with E-state index in [1.165, 1.54) is 0 Å². The van der Waals surface area contributed by atoms with Gasteiger partial charge in [-0.1, -0.05) is 24.3 Å². The van der Waals surface area contributed by atoms with Crippen LogP contribution in [0, 0.1) is 6.92 Å².